The largest absolute Gasteiger partial charge is 0.344 e. The minimum absolute atomic E-state index is 0.0552. The van der Waals surface area contributed by atoms with Crippen LogP contribution in [0.4, 0.5) is 5.69 Å². The summed E-state index contributed by atoms with van der Waals surface area (Å²) in [5.74, 6) is 0.440. The van der Waals surface area contributed by atoms with Crippen molar-refractivity contribution in [2.24, 2.45) is 10.7 Å². The van der Waals surface area contributed by atoms with E-state index in [2.05, 4.69) is 28.2 Å². The Bertz CT molecular complexity index is 696. The zero-order valence-electron chi connectivity index (χ0n) is 14.5. The summed E-state index contributed by atoms with van der Waals surface area (Å²) >= 11 is 1.52. The summed E-state index contributed by atoms with van der Waals surface area (Å²) in [7, 11) is 0. The number of nitrogens with zero attached hydrogens (tertiary/aromatic N) is 2. The number of rotatable bonds is 9. The van der Waals surface area contributed by atoms with E-state index in [1.165, 1.54) is 24.2 Å². The van der Waals surface area contributed by atoms with Crippen LogP contribution in [0.15, 0.2) is 54.7 Å². The number of amides is 2. The molecule has 7 nitrogen and oxygen atoms in total. The molecule has 26 heavy (non-hydrogen) atoms. The van der Waals surface area contributed by atoms with Gasteiger partial charge in [-0.3, -0.25) is 14.6 Å². The van der Waals surface area contributed by atoms with Crippen LogP contribution in [0.25, 0.3) is 0 Å². The summed E-state index contributed by atoms with van der Waals surface area (Å²) < 4.78 is 3.16. The van der Waals surface area contributed by atoms with Gasteiger partial charge in [0.1, 0.15) is 5.71 Å². The second-order valence-corrected chi connectivity index (χ2v) is 6.50. The van der Waals surface area contributed by atoms with E-state index in [1.54, 1.807) is 17.0 Å². The topological polar surface area (TPSA) is 99.8 Å². The van der Waals surface area contributed by atoms with E-state index < -0.39 is 0 Å². The molecule has 1 saturated heterocycles. The molecule has 138 valence electrons. The molecular weight excluding hydrogens is 350 g/mol. The van der Waals surface area contributed by atoms with Crippen LogP contribution in [-0.4, -0.2) is 53.9 Å². The van der Waals surface area contributed by atoms with Crippen molar-refractivity contribution in [1.82, 2.24) is 10.2 Å². The van der Waals surface area contributed by atoms with Crippen molar-refractivity contribution >= 4 is 35.2 Å². The molecule has 0 radical (unpaired) electrons. The van der Waals surface area contributed by atoms with Gasteiger partial charge in [0.25, 0.3) is 11.8 Å². The minimum atomic E-state index is -0.317. The molecule has 1 heterocycles. The van der Waals surface area contributed by atoms with Gasteiger partial charge in [-0.2, -0.15) is 0 Å². The van der Waals surface area contributed by atoms with Crippen molar-refractivity contribution < 1.29 is 9.59 Å². The number of benzene rings is 1. The maximum absolute atomic E-state index is 12.4. The van der Waals surface area contributed by atoms with Crippen LogP contribution in [-0.2, 0) is 4.79 Å². The van der Waals surface area contributed by atoms with Crippen molar-refractivity contribution in [1.29, 1.82) is 0 Å². The summed E-state index contributed by atoms with van der Waals surface area (Å²) in [5, 5.41) is 2.82. The monoisotopic (exact) mass is 373 g/mol. The van der Waals surface area contributed by atoms with E-state index in [-0.39, 0.29) is 23.6 Å². The Morgan fingerprint density at radius 3 is 2.58 bits per heavy atom. The van der Waals surface area contributed by atoms with Crippen LogP contribution in [0, 0.1) is 0 Å². The van der Waals surface area contributed by atoms with Gasteiger partial charge in [-0.15, -0.1) is 0 Å². The lowest BCUT2D eigenvalue weighted by Crippen LogP contribution is -2.61. The predicted molar refractivity (Wildman–Crippen MR) is 107 cm³/mol. The molecule has 4 N–H and O–H groups in total. The fraction of sp³-hybridized carbons (Fsp3) is 0.278. The van der Waals surface area contributed by atoms with Crippen LogP contribution in [0.1, 0.15) is 10.4 Å². The quantitative estimate of drug-likeness (QED) is 0.345. The smallest absolute Gasteiger partial charge is 0.270 e. The average Bonchev–Trinajstić information content (AvgIpc) is 2.62. The molecule has 1 aromatic carbocycles. The molecule has 0 spiro atoms. The zero-order valence-corrected chi connectivity index (χ0v) is 15.3. The summed E-state index contributed by atoms with van der Waals surface area (Å²) in [6.45, 7) is 8.55. The number of nitrogens with two attached hydrogens (primary N) is 1. The van der Waals surface area contributed by atoms with Crippen LogP contribution in [0.5, 0.6) is 0 Å². The summed E-state index contributed by atoms with van der Waals surface area (Å²) in [4.78, 5) is 30.0. The number of hydrogen-bond acceptors (Lipinski definition) is 6. The van der Waals surface area contributed by atoms with E-state index in [1.807, 2.05) is 12.1 Å². The maximum atomic E-state index is 12.4. The summed E-state index contributed by atoms with van der Waals surface area (Å²) in [6, 6.07) is 7.20. The second kappa shape index (κ2) is 9.79. The molecule has 1 fully saturated rings. The average molecular weight is 373 g/mol. The number of carbonyl (C=O) groups is 2. The third-order valence-corrected chi connectivity index (χ3v) is 4.52. The SMILES string of the molecule is C=CN=C(C=C)C(=O)NC1CN(C(=O)c2ccc(NSCCN)cc2)C1. The van der Waals surface area contributed by atoms with Crippen LogP contribution >= 0.6 is 11.9 Å². The van der Waals surface area contributed by atoms with Gasteiger partial charge in [0.2, 0.25) is 0 Å². The molecule has 1 aliphatic heterocycles. The summed E-state index contributed by atoms with van der Waals surface area (Å²) in [5.41, 5.74) is 7.19. The molecule has 2 rings (SSSR count). The minimum Gasteiger partial charge on any atom is -0.344 e. The normalized spacial score (nSPS) is 14.3. The highest BCUT2D eigenvalue weighted by Crippen LogP contribution is 2.17. The van der Waals surface area contributed by atoms with E-state index in [0.29, 0.717) is 25.2 Å². The van der Waals surface area contributed by atoms with Crippen molar-refractivity contribution in [2.45, 2.75) is 6.04 Å². The van der Waals surface area contributed by atoms with Gasteiger partial charge in [-0.1, -0.05) is 25.1 Å². The van der Waals surface area contributed by atoms with Crippen molar-refractivity contribution in [3.8, 4) is 0 Å². The van der Waals surface area contributed by atoms with Crippen molar-refractivity contribution in [3.05, 3.63) is 55.3 Å². The highest BCUT2D eigenvalue weighted by atomic mass is 32.2. The third kappa shape index (κ3) is 5.21. The van der Waals surface area contributed by atoms with Crippen molar-refractivity contribution in [3.63, 3.8) is 0 Å². The van der Waals surface area contributed by atoms with Gasteiger partial charge in [0, 0.05) is 42.8 Å². The lowest BCUT2D eigenvalue weighted by atomic mass is 10.1. The molecule has 1 aromatic rings. The molecule has 2 amide bonds. The second-order valence-electron chi connectivity index (χ2n) is 5.60. The van der Waals surface area contributed by atoms with Gasteiger partial charge >= 0.3 is 0 Å². The molecular formula is C18H23N5O2S. The Balaban J connectivity index is 1.82. The number of aliphatic imine (C=N–C) groups is 1. The van der Waals surface area contributed by atoms with Gasteiger partial charge in [0.15, 0.2) is 0 Å². The van der Waals surface area contributed by atoms with Crippen LogP contribution in [0.3, 0.4) is 0 Å². The Kier molecular flexibility index (Phi) is 7.43. The Hall–Kier alpha value is -2.58. The number of carbonyl (C=O) groups excluding carboxylic acids is 2. The molecule has 1 aliphatic rings. The van der Waals surface area contributed by atoms with Crippen molar-refractivity contribution in [2.75, 3.05) is 30.1 Å². The molecule has 8 heteroatoms. The molecule has 0 saturated carbocycles. The van der Waals surface area contributed by atoms with Gasteiger partial charge < -0.3 is 20.7 Å². The highest BCUT2D eigenvalue weighted by molar-refractivity contribution is 8.00. The standard InChI is InChI=1S/C18H23N5O2S/c1-3-16(20-4-2)17(24)21-15-11-23(12-15)18(25)13-5-7-14(8-6-13)22-26-10-9-19/h3-8,15,22H,1-2,9-12,19H2,(H,21,24). The predicted octanol–water partition coefficient (Wildman–Crippen LogP) is 1.42. The lowest BCUT2D eigenvalue weighted by molar-refractivity contribution is -0.116. The number of anilines is 1. The van der Waals surface area contributed by atoms with E-state index in [0.717, 1.165) is 11.4 Å². The third-order valence-electron chi connectivity index (χ3n) is 3.70. The first kappa shape index (κ1) is 19.7. The summed E-state index contributed by atoms with van der Waals surface area (Å²) in [6.07, 6.45) is 2.67. The highest BCUT2D eigenvalue weighted by Gasteiger charge is 2.32. The van der Waals surface area contributed by atoms with Gasteiger partial charge in [-0.05, 0) is 30.3 Å². The van der Waals surface area contributed by atoms with Crippen LogP contribution in [0.2, 0.25) is 0 Å². The van der Waals surface area contributed by atoms with Crippen LogP contribution < -0.4 is 15.8 Å². The number of hydrogen-bond donors (Lipinski definition) is 3. The van der Waals surface area contributed by atoms with E-state index in [9.17, 15) is 9.59 Å². The van der Waals surface area contributed by atoms with E-state index >= 15 is 0 Å². The molecule has 0 bridgehead atoms. The molecule has 0 aromatic heterocycles. The fourth-order valence-corrected chi connectivity index (χ4v) is 2.88. The number of nitrogens with one attached hydrogen (secondary N) is 2. The zero-order chi connectivity index (χ0) is 18.9. The molecule has 0 aliphatic carbocycles. The first-order valence-corrected chi connectivity index (χ1v) is 9.16. The Morgan fingerprint density at radius 1 is 1.31 bits per heavy atom. The van der Waals surface area contributed by atoms with Gasteiger partial charge in [-0.25, -0.2) is 0 Å². The maximum Gasteiger partial charge on any atom is 0.270 e. The Morgan fingerprint density at radius 2 is 2.00 bits per heavy atom. The molecule has 0 atom stereocenters. The van der Waals surface area contributed by atoms with Gasteiger partial charge in [0.05, 0.1) is 6.04 Å². The first-order valence-electron chi connectivity index (χ1n) is 8.18. The number of likely N-dealkylation sites (tertiary alicyclic amines) is 1. The fourth-order valence-electron chi connectivity index (χ4n) is 2.35. The first-order chi connectivity index (χ1) is 12.6. The molecule has 0 unspecified atom stereocenters. The van der Waals surface area contributed by atoms with E-state index in [4.69, 9.17) is 5.73 Å². The Labute approximate surface area is 157 Å². The lowest BCUT2D eigenvalue weighted by Gasteiger charge is -2.39.